The molecule has 27 heavy (non-hydrogen) atoms. The van der Waals surface area contributed by atoms with Gasteiger partial charge in [0.15, 0.2) is 0 Å². The lowest BCUT2D eigenvalue weighted by atomic mass is 10.1. The van der Waals surface area contributed by atoms with Gasteiger partial charge in [-0.25, -0.2) is 8.42 Å². The highest BCUT2D eigenvalue weighted by Gasteiger charge is 2.30. The molecule has 0 fully saturated rings. The molecule has 0 aliphatic heterocycles. The smallest absolute Gasteiger partial charge is 0.348 e. The van der Waals surface area contributed by atoms with Crippen molar-refractivity contribution in [1.82, 2.24) is 5.32 Å². The van der Waals surface area contributed by atoms with Crippen LogP contribution in [0.5, 0.6) is 0 Å². The summed E-state index contributed by atoms with van der Waals surface area (Å²) in [6, 6.07) is 8.68. The van der Waals surface area contributed by atoms with Crippen LogP contribution in [-0.2, 0) is 22.7 Å². The zero-order valence-electron chi connectivity index (χ0n) is 14.3. The van der Waals surface area contributed by atoms with Crippen LogP contribution in [0.15, 0.2) is 42.5 Å². The van der Waals surface area contributed by atoms with Crippen molar-refractivity contribution in [2.45, 2.75) is 12.7 Å². The maximum absolute atomic E-state index is 12.7. The predicted octanol–water partition coefficient (Wildman–Crippen LogP) is 3.68. The van der Waals surface area contributed by atoms with Crippen molar-refractivity contribution >= 4 is 33.2 Å². The Bertz CT molecular complexity index is 962. The van der Waals surface area contributed by atoms with E-state index in [9.17, 15) is 26.4 Å². The highest BCUT2D eigenvalue weighted by atomic mass is 35.5. The summed E-state index contributed by atoms with van der Waals surface area (Å²) in [6.45, 7) is -0.148. The number of halogens is 4. The van der Waals surface area contributed by atoms with E-state index in [0.29, 0.717) is 0 Å². The summed E-state index contributed by atoms with van der Waals surface area (Å²) >= 11 is 6.00. The number of hydrogen-bond donors (Lipinski definition) is 1. The molecule has 0 unspecified atom stereocenters. The Morgan fingerprint density at radius 1 is 1.19 bits per heavy atom. The third-order valence-corrected chi connectivity index (χ3v) is 5.30. The number of rotatable bonds is 5. The number of benzene rings is 2. The minimum absolute atomic E-state index is 0.0108. The molecule has 0 atom stereocenters. The van der Waals surface area contributed by atoms with E-state index in [-0.39, 0.29) is 28.4 Å². The van der Waals surface area contributed by atoms with Crippen LogP contribution >= 0.6 is 11.6 Å². The summed E-state index contributed by atoms with van der Waals surface area (Å²) in [7, 11) is -2.21. The molecule has 2 aromatic rings. The van der Waals surface area contributed by atoms with Gasteiger partial charge in [0.05, 0.1) is 28.1 Å². The van der Waals surface area contributed by atoms with E-state index in [2.05, 4.69) is 5.32 Å². The minimum Gasteiger partial charge on any atom is -0.348 e. The van der Waals surface area contributed by atoms with Crippen molar-refractivity contribution < 1.29 is 26.4 Å². The summed E-state index contributed by atoms with van der Waals surface area (Å²) in [6.07, 6.45) is -3.47. The molecule has 0 aromatic heterocycles. The maximum atomic E-state index is 12.7. The van der Waals surface area contributed by atoms with Crippen LogP contribution < -0.4 is 9.62 Å². The molecule has 0 aliphatic carbocycles. The van der Waals surface area contributed by atoms with Crippen molar-refractivity contribution in [3.05, 3.63) is 64.2 Å². The van der Waals surface area contributed by atoms with Crippen molar-refractivity contribution in [3.8, 4) is 0 Å². The van der Waals surface area contributed by atoms with Crippen LogP contribution in [0.25, 0.3) is 0 Å². The Balaban J connectivity index is 2.19. The second-order valence-electron chi connectivity index (χ2n) is 5.78. The largest absolute Gasteiger partial charge is 0.416 e. The maximum Gasteiger partial charge on any atom is 0.416 e. The molecular formula is C17H16ClF3N2O3S. The zero-order valence-corrected chi connectivity index (χ0v) is 15.9. The Morgan fingerprint density at radius 3 is 2.44 bits per heavy atom. The molecule has 1 N–H and O–H groups in total. The first-order valence-corrected chi connectivity index (χ1v) is 9.80. The predicted molar refractivity (Wildman–Crippen MR) is 97.3 cm³/mol. The fourth-order valence-corrected chi connectivity index (χ4v) is 2.91. The zero-order chi connectivity index (χ0) is 20.4. The fourth-order valence-electron chi connectivity index (χ4n) is 2.21. The van der Waals surface area contributed by atoms with Gasteiger partial charge in [0, 0.05) is 13.6 Å². The molecule has 0 heterocycles. The molecule has 0 spiro atoms. The summed E-state index contributed by atoms with van der Waals surface area (Å²) in [5.41, 5.74) is -0.314. The number of anilines is 1. The van der Waals surface area contributed by atoms with Gasteiger partial charge in [-0.15, -0.1) is 0 Å². The molecule has 5 nitrogen and oxygen atoms in total. The molecule has 2 aromatic carbocycles. The van der Waals surface area contributed by atoms with Gasteiger partial charge in [0.1, 0.15) is 0 Å². The van der Waals surface area contributed by atoms with E-state index >= 15 is 0 Å². The van der Waals surface area contributed by atoms with Crippen LogP contribution in [-0.4, -0.2) is 27.6 Å². The standard InChI is InChI=1S/C17H16ClF3N2O3S/c1-23(27(2,25)26)13-6-7-15(18)14(9-13)16(24)22-10-11-4-3-5-12(8-11)17(19,20)21/h3-9H,10H2,1-2H3,(H,22,24). The summed E-state index contributed by atoms with van der Waals surface area (Å²) in [5, 5.41) is 2.57. The quantitative estimate of drug-likeness (QED) is 0.802. The van der Waals surface area contributed by atoms with E-state index in [4.69, 9.17) is 11.6 Å². The van der Waals surface area contributed by atoms with Gasteiger partial charge in [-0.05, 0) is 35.9 Å². The third-order valence-electron chi connectivity index (χ3n) is 3.76. The van der Waals surface area contributed by atoms with Crippen molar-refractivity contribution in [2.24, 2.45) is 0 Å². The summed E-state index contributed by atoms with van der Waals surface area (Å²) < 4.78 is 62.5. The summed E-state index contributed by atoms with van der Waals surface area (Å²) in [5.74, 6) is -0.638. The Kier molecular flexibility index (Phi) is 6.06. The molecule has 0 bridgehead atoms. The normalized spacial score (nSPS) is 11.9. The number of nitrogens with zero attached hydrogens (tertiary/aromatic N) is 1. The second-order valence-corrected chi connectivity index (χ2v) is 8.20. The summed E-state index contributed by atoms with van der Waals surface area (Å²) in [4.78, 5) is 12.4. The molecule has 0 radical (unpaired) electrons. The molecular weight excluding hydrogens is 405 g/mol. The SMILES string of the molecule is CN(c1ccc(Cl)c(C(=O)NCc2cccc(C(F)(F)F)c2)c1)S(C)(=O)=O. The van der Waals surface area contributed by atoms with Gasteiger partial charge < -0.3 is 5.32 Å². The van der Waals surface area contributed by atoms with Gasteiger partial charge >= 0.3 is 6.18 Å². The molecule has 1 amide bonds. The van der Waals surface area contributed by atoms with E-state index < -0.39 is 27.7 Å². The number of alkyl halides is 3. The van der Waals surface area contributed by atoms with Crippen LogP contribution in [0.2, 0.25) is 5.02 Å². The van der Waals surface area contributed by atoms with Crippen LogP contribution in [0.4, 0.5) is 18.9 Å². The van der Waals surface area contributed by atoms with E-state index in [0.717, 1.165) is 22.7 Å². The Morgan fingerprint density at radius 2 is 1.85 bits per heavy atom. The number of amides is 1. The first-order valence-electron chi connectivity index (χ1n) is 7.57. The number of hydrogen-bond acceptors (Lipinski definition) is 3. The lowest BCUT2D eigenvalue weighted by Crippen LogP contribution is -2.26. The molecule has 0 aliphatic rings. The second kappa shape index (κ2) is 7.77. The number of nitrogens with one attached hydrogen (secondary N) is 1. The van der Waals surface area contributed by atoms with E-state index in [1.807, 2.05) is 0 Å². The molecule has 146 valence electrons. The van der Waals surface area contributed by atoms with Gasteiger partial charge in [0.2, 0.25) is 10.0 Å². The minimum atomic E-state index is -4.48. The lowest BCUT2D eigenvalue weighted by Gasteiger charge is -2.18. The van der Waals surface area contributed by atoms with Crippen LogP contribution in [0, 0.1) is 0 Å². The fraction of sp³-hybridized carbons (Fsp3) is 0.235. The van der Waals surface area contributed by atoms with Crippen molar-refractivity contribution in [2.75, 3.05) is 17.6 Å². The monoisotopic (exact) mass is 420 g/mol. The molecule has 10 heteroatoms. The van der Waals surface area contributed by atoms with Gasteiger partial charge in [-0.2, -0.15) is 13.2 Å². The highest BCUT2D eigenvalue weighted by Crippen LogP contribution is 2.29. The topological polar surface area (TPSA) is 66.5 Å². The van der Waals surface area contributed by atoms with Crippen LogP contribution in [0.1, 0.15) is 21.5 Å². The first kappa shape index (κ1) is 21.0. The Labute approximate surface area is 159 Å². The Hall–Kier alpha value is -2.26. The van der Waals surface area contributed by atoms with Gasteiger partial charge in [-0.1, -0.05) is 23.7 Å². The van der Waals surface area contributed by atoms with Crippen LogP contribution in [0.3, 0.4) is 0 Å². The molecule has 2 rings (SSSR count). The van der Waals surface area contributed by atoms with Gasteiger partial charge in [0.25, 0.3) is 5.91 Å². The van der Waals surface area contributed by atoms with Gasteiger partial charge in [-0.3, -0.25) is 9.10 Å². The van der Waals surface area contributed by atoms with E-state index in [1.54, 1.807) is 0 Å². The first-order chi connectivity index (χ1) is 12.4. The van der Waals surface area contributed by atoms with Crippen molar-refractivity contribution in [3.63, 3.8) is 0 Å². The van der Waals surface area contributed by atoms with Crippen molar-refractivity contribution in [1.29, 1.82) is 0 Å². The molecule has 0 saturated heterocycles. The average molecular weight is 421 g/mol. The highest BCUT2D eigenvalue weighted by molar-refractivity contribution is 7.92. The number of carbonyl (C=O) groups is 1. The number of carbonyl (C=O) groups excluding carboxylic acids is 1. The lowest BCUT2D eigenvalue weighted by molar-refractivity contribution is -0.137. The average Bonchev–Trinajstić information content (AvgIpc) is 2.58. The molecule has 0 saturated carbocycles. The van der Waals surface area contributed by atoms with E-state index in [1.165, 1.54) is 37.4 Å². The third kappa shape index (κ3) is 5.36. The number of sulfonamides is 1.